The summed E-state index contributed by atoms with van der Waals surface area (Å²) < 4.78 is 5.47. The minimum Gasteiger partial charge on any atom is -0.382 e. The van der Waals surface area contributed by atoms with Crippen LogP contribution in [0, 0.1) is 5.41 Å². The minimum absolute atomic E-state index is 0. The minimum atomic E-state index is -0.994. The zero-order valence-electron chi connectivity index (χ0n) is 14.1. The summed E-state index contributed by atoms with van der Waals surface area (Å²) in [4.78, 5) is 12.5. The van der Waals surface area contributed by atoms with E-state index in [9.17, 15) is 4.79 Å². The lowest BCUT2D eigenvalue weighted by atomic mass is 9.66. The molecule has 0 aliphatic heterocycles. The van der Waals surface area contributed by atoms with Crippen LogP contribution in [-0.2, 0) is 15.1 Å². The molecular weight excluding hydrogens is 312 g/mol. The Morgan fingerprint density at radius 2 is 2.00 bits per heavy atom. The second-order valence-corrected chi connectivity index (χ2v) is 6.55. The number of nitrogens with two attached hydrogens (primary N) is 1. The highest BCUT2D eigenvalue weighted by atomic mass is 35.5. The van der Waals surface area contributed by atoms with Gasteiger partial charge in [-0.15, -0.1) is 12.4 Å². The average Bonchev–Trinajstić information content (AvgIpc) is 2.49. The number of ether oxygens (including phenoxy) is 1. The molecule has 0 heterocycles. The summed E-state index contributed by atoms with van der Waals surface area (Å²) in [6.45, 7) is 5.99. The van der Waals surface area contributed by atoms with Crippen molar-refractivity contribution in [2.24, 2.45) is 11.1 Å². The fourth-order valence-corrected chi connectivity index (χ4v) is 2.99. The second kappa shape index (κ2) is 8.67. The summed E-state index contributed by atoms with van der Waals surface area (Å²) in [5, 5.41) is 3.07. The molecule has 1 aromatic carbocycles. The number of rotatable bonds is 8. The Kier molecular flexibility index (Phi) is 7.52. The van der Waals surface area contributed by atoms with Gasteiger partial charge in [-0.05, 0) is 44.1 Å². The molecule has 23 heavy (non-hydrogen) atoms. The molecule has 1 aromatic rings. The van der Waals surface area contributed by atoms with Crippen LogP contribution in [0.15, 0.2) is 30.3 Å². The third kappa shape index (κ3) is 4.93. The number of carbonyl (C=O) groups excluding carboxylic acids is 1. The van der Waals surface area contributed by atoms with Gasteiger partial charge in [0.25, 0.3) is 0 Å². The van der Waals surface area contributed by atoms with Gasteiger partial charge in [-0.25, -0.2) is 0 Å². The monoisotopic (exact) mass is 340 g/mol. The third-order valence-corrected chi connectivity index (χ3v) is 4.86. The van der Waals surface area contributed by atoms with Crippen molar-refractivity contribution >= 4 is 18.3 Å². The van der Waals surface area contributed by atoms with Gasteiger partial charge in [-0.3, -0.25) is 4.79 Å². The van der Waals surface area contributed by atoms with E-state index in [1.807, 2.05) is 37.3 Å². The molecule has 1 fully saturated rings. The predicted octanol–water partition coefficient (Wildman–Crippen LogP) is 3.00. The molecule has 0 aromatic heterocycles. The second-order valence-electron chi connectivity index (χ2n) is 6.55. The lowest BCUT2D eigenvalue weighted by molar-refractivity contribution is -0.127. The smallest absolute Gasteiger partial charge is 0.244 e. The number of carbonyl (C=O) groups is 1. The van der Waals surface area contributed by atoms with Gasteiger partial charge >= 0.3 is 0 Å². The van der Waals surface area contributed by atoms with Crippen molar-refractivity contribution in [3.63, 3.8) is 0 Å². The van der Waals surface area contributed by atoms with Gasteiger partial charge in [0.05, 0.1) is 0 Å². The Morgan fingerprint density at radius 1 is 1.35 bits per heavy atom. The third-order valence-electron chi connectivity index (χ3n) is 4.86. The molecule has 0 saturated heterocycles. The number of nitrogens with one attached hydrogen (secondary N) is 1. The van der Waals surface area contributed by atoms with Crippen LogP contribution < -0.4 is 11.1 Å². The van der Waals surface area contributed by atoms with Gasteiger partial charge in [0.1, 0.15) is 5.54 Å². The molecule has 5 heteroatoms. The van der Waals surface area contributed by atoms with Crippen LogP contribution in [0.4, 0.5) is 0 Å². The first kappa shape index (κ1) is 19.9. The highest BCUT2D eigenvalue weighted by Crippen LogP contribution is 2.43. The van der Waals surface area contributed by atoms with E-state index in [-0.39, 0.29) is 23.7 Å². The molecule has 1 aliphatic carbocycles. The molecular formula is C18H29ClN2O2. The normalized spacial score (nSPS) is 18.2. The molecule has 4 nitrogen and oxygen atoms in total. The fraction of sp³-hybridized carbons (Fsp3) is 0.611. The summed E-state index contributed by atoms with van der Waals surface area (Å²) in [5.41, 5.74) is 6.30. The summed E-state index contributed by atoms with van der Waals surface area (Å²) in [5.74, 6) is -0.110. The topological polar surface area (TPSA) is 64.3 Å². The van der Waals surface area contributed by atoms with Crippen LogP contribution in [0.1, 0.15) is 45.1 Å². The van der Waals surface area contributed by atoms with Crippen molar-refractivity contribution < 1.29 is 9.53 Å². The summed E-state index contributed by atoms with van der Waals surface area (Å²) in [7, 11) is 0. The van der Waals surface area contributed by atoms with E-state index in [1.165, 1.54) is 6.42 Å². The summed E-state index contributed by atoms with van der Waals surface area (Å²) in [6.07, 6.45) is 4.56. The van der Waals surface area contributed by atoms with Crippen LogP contribution in [0.3, 0.4) is 0 Å². The number of hydrogen-bond donors (Lipinski definition) is 2. The zero-order chi connectivity index (χ0) is 16.1. The van der Waals surface area contributed by atoms with Crippen molar-refractivity contribution in [2.75, 3.05) is 19.8 Å². The average molecular weight is 341 g/mol. The van der Waals surface area contributed by atoms with Crippen molar-refractivity contribution in [1.82, 2.24) is 5.32 Å². The molecule has 1 amide bonds. The number of benzene rings is 1. The van der Waals surface area contributed by atoms with Crippen molar-refractivity contribution in [1.29, 1.82) is 0 Å². The van der Waals surface area contributed by atoms with Gasteiger partial charge in [0, 0.05) is 19.8 Å². The highest BCUT2D eigenvalue weighted by Gasteiger charge is 2.38. The maximum Gasteiger partial charge on any atom is 0.244 e. The molecule has 1 unspecified atom stereocenters. The highest BCUT2D eigenvalue weighted by molar-refractivity contribution is 5.87. The predicted molar refractivity (Wildman–Crippen MR) is 95.6 cm³/mol. The van der Waals surface area contributed by atoms with Crippen LogP contribution >= 0.6 is 12.4 Å². The van der Waals surface area contributed by atoms with Gasteiger partial charge in [-0.1, -0.05) is 36.8 Å². The van der Waals surface area contributed by atoms with E-state index in [0.29, 0.717) is 6.54 Å². The Labute approximate surface area is 145 Å². The van der Waals surface area contributed by atoms with Crippen LogP contribution in [-0.4, -0.2) is 25.7 Å². The molecule has 1 saturated carbocycles. The number of hydrogen-bond acceptors (Lipinski definition) is 3. The lowest BCUT2D eigenvalue weighted by Crippen LogP contribution is -2.52. The van der Waals surface area contributed by atoms with Crippen LogP contribution in [0.2, 0.25) is 0 Å². The Hall–Kier alpha value is -1.10. The SMILES string of the molecule is CCOCCC1(CNC(=O)C(C)(N)c2ccccc2)CCC1.Cl. The van der Waals surface area contributed by atoms with Gasteiger partial charge in [-0.2, -0.15) is 0 Å². The summed E-state index contributed by atoms with van der Waals surface area (Å²) >= 11 is 0. The molecule has 1 aliphatic rings. The molecule has 0 radical (unpaired) electrons. The first-order chi connectivity index (χ1) is 10.5. The maximum absolute atomic E-state index is 12.5. The zero-order valence-corrected chi connectivity index (χ0v) is 15.0. The summed E-state index contributed by atoms with van der Waals surface area (Å²) in [6, 6.07) is 9.53. The van der Waals surface area contributed by atoms with E-state index in [4.69, 9.17) is 10.5 Å². The molecule has 0 bridgehead atoms. The quantitative estimate of drug-likeness (QED) is 0.715. The molecule has 3 N–H and O–H groups in total. The van der Waals surface area contributed by atoms with Crippen molar-refractivity contribution in [3.05, 3.63) is 35.9 Å². The Bertz CT molecular complexity index is 487. The maximum atomic E-state index is 12.5. The number of halogens is 1. The Balaban J connectivity index is 0.00000264. The largest absolute Gasteiger partial charge is 0.382 e. The molecule has 1 atom stereocenters. The molecule has 2 rings (SSSR count). The van der Waals surface area contributed by atoms with E-state index in [1.54, 1.807) is 6.92 Å². The molecule has 130 valence electrons. The van der Waals surface area contributed by atoms with E-state index < -0.39 is 5.54 Å². The van der Waals surface area contributed by atoms with Crippen molar-refractivity contribution in [3.8, 4) is 0 Å². The first-order valence-corrected chi connectivity index (χ1v) is 8.21. The van der Waals surface area contributed by atoms with E-state index in [2.05, 4.69) is 5.32 Å². The lowest BCUT2D eigenvalue weighted by Gasteiger charge is -2.42. The van der Waals surface area contributed by atoms with Gasteiger partial charge in [0.2, 0.25) is 5.91 Å². The Morgan fingerprint density at radius 3 is 2.52 bits per heavy atom. The van der Waals surface area contributed by atoms with Crippen LogP contribution in [0.25, 0.3) is 0 Å². The fourth-order valence-electron chi connectivity index (χ4n) is 2.99. The van der Waals surface area contributed by atoms with Gasteiger partial charge in [0.15, 0.2) is 0 Å². The molecule has 0 spiro atoms. The van der Waals surface area contributed by atoms with Gasteiger partial charge < -0.3 is 15.8 Å². The standard InChI is InChI=1S/C18H28N2O2.ClH/c1-3-22-13-12-18(10-7-11-18)14-20-16(21)17(2,19)15-8-5-4-6-9-15;/h4-6,8-9H,3,7,10-14,19H2,1-2H3,(H,20,21);1H. The van der Waals surface area contributed by atoms with E-state index in [0.717, 1.165) is 38.0 Å². The van der Waals surface area contributed by atoms with Crippen LogP contribution in [0.5, 0.6) is 0 Å². The first-order valence-electron chi connectivity index (χ1n) is 8.21. The van der Waals surface area contributed by atoms with E-state index >= 15 is 0 Å². The van der Waals surface area contributed by atoms with Crippen molar-refractivity contribution in [2.45, 2.75) is 45.1 Å². The number of amides is 1.